The molecule has 1 aromatic heterocycles. The normalized spacial score (nSPS) is 11.9. The fraction of sp³-hybridized carbons (Fsp3) is 0.130. The maximum absolute atomic E-state index is 12.4. The maximum atomic E-state index is 12.4. The predicted molar refractivity (Wildman–Crippen MR) is 108 cm³/mol. The van der Waals surface area contributed by atoms with Crippen molar-refractivity contribution in [3.05, 3.63) is 82.7 Å². The highest BCUT2D eigenvalue weighted by Crippen LogP contribution is 2.30. The standard InChI is InChI=1S/C23H18O6/c1-26-15-8-10-17-18-11-9-16(13-20(18)29-22(24)19(17)12-15)28-21(23(25)27-2)14-6-4-3-5-7-14/h3-13,21H,1-2H3/t21-/m0/s1. The quantitative estimate of drug-likeness (QED) is 0.288. The molecule has 1 atom stereocenters. The Morgan fingerprint density at radius 1 is 0.862 bits per heavy atom. The second-order valence-corrected chi connectivity index (χ2v) is 6.39. The van der Waals surface area contributed by atoms with Crippen molar-refractivity contribution in [1.82, 2.24) is 0 Å². The van der Waals surface area contributed by atoms with Crippen molar-refractivity contribution in [1.29, 1.82) is 0 Å². The Kier molecular flexibility index (Phi) is 4.91. The summed E-state index contributed by atoms with van der Waals surface area (Å²) < 4.78 is 21.4. The molecule has 6 heteroatoms. The molecule has 3 aromatic carbocycles. The van der Waals surface area contributed by atoms with E-state index in [-0.39, 0.29) is 0 Å². The molecule has 29 heavy (non-hydrogen) atoms. The average Bonchev–Trinajstić information content (AvgIpc) is 2.77. The van der Waals surface area contributed by atoms with Gasteiger partial charge in [0.1, 0.15) is 17.1 Å². The lowest BCUT2D eigenvalue weighted by Crippen LogP contribution is -2.20. The van der Waals surface area contributed by atoms with Gasteiger partial charge in [0.05, 0.1) is 19.6 Å². The van der Waals surface area contributed by atoms with Crippen molar-refractivity contribution in [2.45, 2.75) is 6.10 Å². The van der Waals surface area contributed by atoms with E-state index in [0.29, 0.717) is 28.0 Å². The van der Waals surface area contributed by atoms with Crippen LogP contribution in [0.1, 0.15) is 11.7 Å². The molecule has 1 heterocycles. The van der Waals surface area contributed by atoms with Crippen LogP contribution in [0.5, 0.6) is 11.5 Å². The van der Waals surface area contributed by atoms with E-state index < -0.39 is 17.7 Å². The zero-order chi connectivity index (χ0) is 20.4. The molecule has 0 bridgehead atoms. The van der Waals surface area contributed by atoms with Gasteiger partial charge in [0.15, 0.2) is 0 Å². The van der Waals surface area contributed by atoms with Crippen LogP contribution in [0.4, 0.5) is 0 Å². The highest BCUT2D eigenvalue weighted by atomic mass is 16.6. The number of esters is 1. The SMILES string of the molecule is COC(=O)[C@@H](Oc1ccc2c(c1)oc(=O)c1cc(OC)ccc12)c1ccccc1. The number of ether oxygens (including phenoxy) is 3. The first kappa shape index (κ1) is 18.6. The molecule has 0 amide bonds. The smallest absolute Gasteiger partial charge is 0.351 e. The van der Waals surface area contributed by atoms with Crippen LogP contribution in [0.15, 0.2) is 75.9 Å². The van der Waals surface area contributed by atoms with E-state index in [1.165, 1.54) is 14.2 Å². The molecule has 0 radical (unpaired) electrons. The number of methoxy groups -OCH3 is 2. The van der Waals surface area contributed by atoms with Gasteiger partial charge in [-0.05, 0) is 30.3 Å². The molecule has 0 spiro atoms. The summed E-state index contributed by atoms with van der Waals surface area (Å²) in [6.45, 7) is 0. The summed E-state index contributed by atoms with van der Waals surface area (Å²) in [5, 5.41) is 1.93. The first-order valence-electron chi connectivity index (χ1n) is 8.95. The van der Waals surface area contributed by atoms with Crippen LogP contribution in [0.2, 0.25) is 0 Å². The van der Waals surface area contributed by atoms with Crippen LogP contribution in [0, 0.1) is 0 Å². The largest absolute Gasteiger partial charge is 0.497 e. The Balaban J connectivity index is 1.78. The topological polar surface area (TPSA) is 75.0 Å². The minimum Gasteiger partial charge on any atom is -0.497 e. The summed E-state index contributed by atoms with van der Waals surface area (Å²) in [5.41, 5.74) is 0.546. The molecular formula is C23H18O6. The molecule has 6 nitrogen and oxygen atoms in total. The Hall–Kier alpha value is -3.80. The molecule has 0 aliphatic carbocycles. The van der Waals surface area contributed by atoms with Gasteiger partial charge < -0.3 is 18.6 Å². The van der Waals surface area contributed by atoms with Gasteiger partial charge in [0.25, 0.3) is 0 Å². The van der Waals surface area contributed by atoms with Crippen molar-refractivity contribution >= 4 is 27.7 Å². The Morgan fingerprint density at radius 3 is 2.31 bits per heavy atom. The van der Waals surface area contributed by atoms with Gasteiger partial charge in [0, 0.05) is 22.4 Å². The second-order valence-electron chi connectivity index (χ2n) is 6.39. The Labute approximate surface area is 166 Å². The molecule has 146 valence electrons. The molecule has 0 saturated carbocycles. The highest BCUT2D eigenvalue weighted by molar-refractivity contribution is 6.04. The van der Waals surface area contributed by atoms with Gasteiger partial charge in [-0.3, -0.25) is 0 Å². The summed E-state index contributed by atoms with van der Waals surface area (Å²) in [5.74, 6) is 0.434. The fourth-order valence-corrected chi connectivity index (χ4v) is 3.22. The second kappa shape index (κ2) is 7.67. The summed E-state index contributed by atoms with van der Waals surface area (Å²) in [6.07, 6.45) is -0.935. The predicted octanol–water partition coefficient (Wildman–Crippen LogP) is 4.25. The number of benzene rings is 3. The van der Waals surface area contributed by atoms with Crippen molar-refractivity contribution in [3.63, 3.8) is 0 Å². The molecule has 0 aliphatic heterocycles. The molecule has 0 unspecified atom stereocenters. The molecular weight excluding hydrogens is 372 g/mol. The monoisotopic (exact) mass is 390 g/mol. The number of rotatable bonds is 5. The summed E-state index contributed by atoms with van der Waals surface area (Å²) in [6, 6.07) is 19.4. The van der Waals surface area contributed by atoms with Crippen LogP contribution in [-0.2, 0) is 9.53 Å². The van der Waals surface area contributed by atoms with Gasteiger partial charge in [-0.1, -0.05) is 30.3 Å². The van der Waals surface area contributed by atoms with Crippen molar-refractivity contribution in [2.24, 2.45) is 0 Å². The van der Waals surface area contributed by atoms with Crippen LogP contribution in [-0.4, -0.2) is 20.2 Å². The van der Waals surface area contributed by atoms with Gasteiger partial charge in [-0.15, -0.1) is 0 Å². The van der Waals surface area contributed by atoms with Crippen LogP contribution >= 0.6 is 0 Å². The van der Waals surface area contributed by atoms with E-state index in [0.717, 1.165) is 10.8 Å². The third-order valence-corrected chi connectivity index (χ3v) is 4.66. The van der Waals surface area contributed by atoms with Gasteiger partial charge in [-0.25, -0.2) is 9.59 Å². The van der Waals surface area contributed by atoms with Crippen LogP contribution in [0.25, 0.3) is 21.7 Å². The fourth-order valence-electron chi connectivity index (χ4n) is 3.22. The van der Waals surface area contributed by atoms with Crippen molar-refractivity contribution in [2.75, 3.05) is 14.2 Å². The third kappa shape index (κ3) is 3.52. The molecule has 0 aliphatic rings. The van der Waals surface area contributed by atoms with E-state index in [9.17, 15) is 9.59 Å². The Morgan fingerprint density at radius 2 is 1.59 bits per heavy atom. The van der Waals surface area contributed by atoms with Crippen LogP contribution in [0.3, 0.4) is 0 Å². The van der Waals surface area contributed by atoms with E-state index in [4.69, 9.17) is 18.6 Å². The van der Waals surface area contributed by atoms with Gasteiger partial charge in [0.2, 0.25) is 6.10 Å². The summed E-state index contributed by atoms with van der Waals surface area (Å²) >= 11 is 0. The van der Waals surface area contributed by atoms with Crippen molar-refractivity contribution in [3.8, 4) is 11.5 Å². The minimum atomic E-state index is -0.935. The number of hydrogen-bond acceptors (Lipinski definition) is 6. The van der Waals surface area contributed by atoms with Crippen LogP contribution < -0.4 is 15.1 Å². The Bertz CT molecular complexity index is 1240. The highest BCUT2D eigenvalue weighted by Gasteiger charge is 2.23. The summed E-state index contributed by atoms with van der Waals surface area (Å²) in [7, 11) is 2.85. The number of carbonyl (C=O) groups excluding carboxylic acids is 1. The minimum absolute atomic E-state index is 0.363. The van der Waals surface area contributed by atoms with E-state index in [1.54, 1.807) is 42.5 Å². The lowest BCUT2D eigenvalue weighted by atomic mass is 10.1. The first-order valence-corrected chi connectivity index (χ1v) is 8.95. The maximum Gasteiger partial charge on any atom is 0.351 e. The molecule has 4 aromatic rings. The number of hydrogen-bond donors (Lipinski definition) is 0. The molecule has 0 saturated heterocycles. The lowest BCUT2D eigenvalue weighted by molar-refractivity contribution is -0.149. The third-order valence-electron chi connectivity index (χ3n) is 4.66. The van der Waals surface area contributed by atoms with Gasteiger partial charge >= 0.3 is 11.6 Å². The van der Waals surface area contributed by atoms with Gasteiger partial charge in [-0.2, -0.15) is 0 Å². The average molecular weight is 390 g/mol. The van der Waals surface area contributed by atoms with E-state index in [2.05, 4.69) is 0 Å². The van der Waals surface area contributed by atoms with E-state index >= 15 is 0 Å². The summed E-state index contributed by atoms with van der Waals surface area (Å²) in [4.78, 5) is 24.7. The first-order chi connectivity index (χ1) is 14.1. The number of carbonyl (C=O) groups is 1. The number of fused-ring (bicyclic) bond motifs is 3. The molecule has 0 N–H and O–H groups in total. The van der Waals surface area contributed by atoms with Crippen molar-refractivity contribution < 1.29 is 23.4 Å². The lowest BCUT2D eigenvalue weighted by Gasteiger charge is -2.17. The molecule has 0 fully saturated rings. The zero-order valence-electron chi connectivity index (χ0n) is 15.9. The van der Waals surface area contributed by atoms with E-state index in [1.807, 2.05) is 24.3 Å². The molecule has 4 rings (SSSR count). The zero-order valence-corrected chi connectivity index (χ0v) is 15.9.